The molecule has 0 atom stereocenters. The molecule has 170 valence electrons. The van der Waals surface area contributed by atoms with E-state index >= 15 is 0 Å². The number of nitrogens with zero attached hydrogens (tertiary/aromatic N) is 6. The lowest BCUT2D eigenvalue weighted by Crippen LogP contribution is -2.36. The molecule has 1 aliphatic heterocycles. The Morgan fingerprint density at radius 3 is 2.45 bits per heavy atom. The van der Waals surface area contributed by atoms with Gasteiger partial charge in [0.2, 0.25) is 11.9 Å². The maximum Gasteiger partial charge on any atom is 0.248 e. The van der Waals surface area contributed by atoms with Crippen molar-refractivity contribution in [2.24, 2.45) is 0 Å². The van der Waals surface area contributed by atoms with Crippen molar-refractivity contribution in [3.8, 4) is 17.3 Å². The van der Waals surface area contributed by atoms with Gasteiger partial charge in [-0.05, 0) is 30.3 Å². The van der Waals surface area contributed by atoms with Crippen LogP contribution in [0.4, 0.5) is 23.3 Å². The third-order valence-corrected chi connectivity index (χ3v) is 5.45. The zero-order valence-electron chi connectivity index (χ0n) is 18.4. The monoisotopic (exact) mass is 448 g/mol. The Bertz CT molecular complexity index is 1270. The van der Waals surface area contributed by atoms with E-state index in [4.69, 9.17) is 19.9 Å². The molecule has 33 heavy (non-hydrogen) atoms. The van der Waals surface area contributed by atoms with Crippen LogP contribution in [-0.2, 0) is 4.74 Å². The average molecular weight is 448 g/mol. The van der Waals surface area contributed by atoms with Gasteiger partial charge in [0.25, 0.3) is 0 Å². The van der Waals surface area contributed by atoms with Gasteiger partial charge >= 0.3 is 0 Å². The summed E-state index contributed by atoms with van der Waals surface area (Å²) in [6.07, 6.45) is 1.45. The van der Waals surface area contributed by atoms with Gasteiger partial charge in [-0.15, -0.1) is 5.10 Å². The first-order chi connectivity index (χ1) is 16.2. The van der Waals surface area contributed by atoms with Gasteiger partial charge < -0.3 is 30.2 Å². The number of hydrogen-bond acceptors (Lipinski definition) is 10. The topological polar surface area (TPSA) is 125 Å². The second kappa shape index (κ2) is 8.79. The average Bonchev–Trinajstić information content (AvgIpc) is 3.23. The quantitative estimate of drug-likeness (QED) is 0.454. The fourth-order valence-electron chi connectivity index (χ4n) is 3.78. The van der Waals surface area contributed by atoms with Crippen molar-refractivity contribution in [1.29, 1.82) is 0 Å². The number of nitrogens with one attached hydrogen (secondary N) is 1. The molecule has 1 aliphatic rings. The van der Waals surface area contributed by atoms with E-state index in [9.17, 15) is 0 Å². The minimum atomic E-state index is 0.192. The minimum Gasteiger partial charge on any atom is -0.493 e. The first kappa shape index (κ1) is 20.8. The van der Waals surface area contributed by atoms with Crippen LogP contribution in [0.25, 0.3) is 16.7 Å². The molecule has 11 heteroatoms. The Hall–Kier alpha value is -4.12. The van der Waals surface area contributed by atoms with Crippen molar-refractivity contribution in [2.45, 2.75) is 0 Å². The van der Waals surface area contributed by atoms with Crippen molar-refractivity contribution in [1.82, 2.24) is 24.7 Å². The molecule has 4 aromatic rings. The van der Waals surface area contributed by atoms with Gasteiger partial charge in [0, 0.05) is 35.9 Å². The van der Waals surface area contributed by atoms with E-state index in [1.54, 1.807) is 26.4 Å². The lowest BCUT2D eigenvalue weighted by atomic mass is 10.2. The van der Waals surface area contributed by atoms with Crippen LogP contribution in [0.5, 0.6) is 11.5 Å². The molecular weight excluding hydrogens is 424 g/mol. The molecule has 0 radical (unpaired) electrons. The summed E-state index contributed by atoms with van der Waals surface area (Å²) >= 11 is 0. The number of methoxy groups -OCH3 is 2. The molecule has 0 saturated carbocycles. The first-order valence-corrected chi connectivity index (χ1v) is 10.5. The zero-order valence-corrected chi connectivity index (χ0v) is 18.4. The van der Waals surface area contributed by atoms with Gasteiger partial charge in [0.15, 0.2) is 17.3 Å². The predicted octanol–water partition coefficient (Wildman–Crippen LogP) is 2.39. The van der Waals surface area contributed by atoms with E-state index in [2.05, 4.69) is 42.4 Å². The van der Waals surface area contributed by atoms with Gasteiger partial charge in [0.1, 0.15) is 6.33 Å². The van der Waals surface area contributed by atoms with Gasteiger partial charge in [-0.25, -0.2) is 9.97 Å². The lowest BCUT2D eigenvalue weighted by Gasteiger charge is -2.28. The largest absolute Gasteiger partial charge is 0.493 e. The molecule has 3 N–H and O–H groups in total. The Labute approximate surface area is 190 Å². The number of hydrogen-bond donors (Lipinski definition) is 2. The second-order valence-electron chi connectivity index (χ2n) is 7.40. The Morgan fingerprint density at radius 1 is 1.00 bits per heavy atom. The van der Waals surface area contributed by atoms with Crippen molar-refractivity contribution >= 4 is 34.2 Å². The number of rotatable bonds is 6. The molecule has 5 rings (SSSR count). The number of nitrogens with two attached hydrogens (primary N) is 1. The predicted molar refractivity (Wildman–Crippen MR) is 125 cm³/mol. The molecule has 2 aromatic carbocycles. The van der Waals surface area contributed by atoms with Gasteiger partial charge in [-0.2, -0.15) is 9.67 Å². The van der Waals surface area contributed by atoms with Crippen molar-refractivity contribution in [3.05, 3.63) is 42.7 Å². The summed E-state index contributed by atoms with van der Waals surface area (Å²) in [6.45, 7) is 3.27. The molecule has 11 nitrogen and oxygen atoms in total. The second-order valence-corrected chi connectivity index (χ2v) is 7.40. The maximum absolute atomic E-state index is 6.18. The molecule has 0 aliphatic carbocycles. The summed E-state index contributed by atoms with van der Waals surface area (Å²) in [5.74, 6) is 2.17. The fraction of sp³-hybridized carbons (Fsp3) is 0.273. The smallest absolute Gasteiger partial charge is 0.248 e. The van der Waals surface area contributed by atoms with Crippen LogP contribution < -0.4 is 25.4 Å². The van der Waals surface area contributed by atoms with E-state index in [-0.39, 0.29) is 5.95 Å². The fourth-order valence-corrected chi connectivity index (χ4v) is 3.78. The molecule has 1 saturated heterocycles. The number of morpholine rings is 1. The number of benzene rings is 2. The summed E-state index contributed by atoms with van der Waals surface area (Å²) < 4.78 is 17.7. The summed E-state index contributed by atoms with van der Waals surface area (Å²) in [6, 6.07) is 11.7. The van der Waals surface area contributed by atoms with Crippen LogP contribution >= 0.6 is 0 Å². The highest BCUT2D eigenvalue weighted by Crippen LogP contribution is 2.33. The van der Waals surface area contributed by atoms with Gasteiger partial charge in [-0.3, -0.25) is 0 Å². The molecular formula is C22H24N8O3. The maximum atomic E-state index is 6.18. The van der Waals surface area contributed by atoms with Crippen molar-refractivity contribution < 1.29 is 14.2 Å². The standard InChI is InChI=1S/C22H24N8O3/c1-31-18-11-16-17(12-19(18)32-2)24-13-25-20(16)30-21(23)27-22(28-30)26-14-3-5-15(6-4-14)29-7-9-33-10-8-29/h3-6,11-13H,7-10H2,1-2H3,(H3,23,26,27,28). The van der Waals surface area contributed by atoms with Crippen molar-refractivity contribution in [3.63, 3.8) is 0 Å². The number of anilines is 4. The minimum absolute atomic E-state index is 0.192. The summed E-state index contributed by atoms with van der Waals surface area (Å²) in [5, 5.41) is 8.42. The third-order valence-electron chi connectivity index (χ3n) is 5.45. The van der Waals surface area contributed by atoms with Gasteiger partial charge in [0.05, 0.1) is 33.0 Å². The van der Waals surface area contributed by atoms with E-state index in [1.807, 2.05) is 12.1 Å². The lowest BCUT2D eigenvalue weighted by molar-refractivity contribution is 0.122. The number of ether oxygens (including phenoxy) is 3. The highest BCUT2D eigenvalue weighted by Gasteiger charge is 2.17. The normalized spacial score (nSPS) is 13.8. The molecule has 3 heterocycles. The molecule has 2 aromatic heterocycles. The van der Waals surface area contributed by atoms with Crippen LogP contribution in [0.1, 0.15) is 0 Å². The first-order valence-electron chi connectivity index (χ1n) is 10.5. The highest BCUT2D eigenvalue weighted by molar-refractivity contribution is 5.88. The highest BCUT2D eigenvalue weighted by atomic mass is 16.5. The number of nitrogen functional groups attached to an aromatic ring is 1. The molecule has 1 fully saturated rings. The van der Waals surface area contributed by atoms with E-state index in [1.165, 1.54) is 11.0 Å². The van der Waals surface area contributed by atoms with Crippen LogP contribution in [-0.4, -0.2) is 65.3 Å². The molecule has 0 unspecified atom stereocenters. The van der Waals surface area contributed by atoms with Crippen LogP contribution in [0.2, 0.25) is 0 Å². The Balaban J connectivity index is 1.42. The van der Waals surface area contributed by atoms with E-state index in [0.717, 1.165) is 37.7 Å². The molecule has 0 spiro atoms. The number of fused-ring (bicyclic) bond motifs is 1. The Kier molecular flexibility index (Phi) is 5.53. The van der Waals surface area contributed by atoms with E-state index < -0.39 is 0 Å². The third kappa shape index (κ3) is 4.05. The zero-order chi connectivity index (χ0) is 22.8. The summed E-state index contributed by atoms with van der Waals surface area (Å²) in [5.41, 5.74) is 8.85. The van der Waals surface area contributed by atoms with Crippen LogP contribution in [0.15, 0.2) is 42.7 Å². The molecule has 0 amide bonds. The SMILES string of the molecule is COc1cc2ncnc(-n3nc(Nc4ccc(N5CCOCC5)cc4)nc3N)c2cc1OC. The van der Waals surface area contributed by atoms with Crippen molar-refractivity contribution in [2.75, 3.05) is 56.5 Å². The summed E-state index contributed by atoms with van der Waals surface area (Å²) in [7, 11) is 3.15. The summed E-state index contributed by atoms with van der Waals surface area (Å²) in [4.78, 5) is 15.4. The van der Waals surface area contributed by atoms with Gasteiger partial charge in [-0.1, -0.05) is 0 Å². The van der Waals surface area contributed by atoms with Crippen LogP contribution in [0.3, 0.4) is 0 Å². The Morgan fingerprint density at radius 2 is 1.73 bits per heavy atom. The number of aromatic nitrogens is 5. The van der Waals surface area contributed by atoms with E-state index in [0.29, 0.717) is 34.2 Å². The van der Waals surface area contributed by atoms with Crippen LogP contribution in [0, 0.1) is 0 Å². The molecule has 0 bridgehead atoms.